The van der Waals surface area contributed by atoms with Crippen LogP contribution in [0.4, 0.5) is 18.9 Å². The van der Waals surface area contributed by atoms with Gasteiger partial charge in [0.1, 0.15) is 0 Å². The van der Waals surface area contributed by atoms with Crippen LogP contribution in [0.5, 0.6) is 0 Å². The Bertz CT molecular complexity index is 865. The highest BCUT2D eigenvalue weighted by Gasteiger charge is 2.33. The second-order valence-corrected chi connectivity index (χ2v) is 5.91. The average molecular weight is 334 g/mol. The van der Waals surface area contributed by atoms with Gasteiger partial charge in [-0.05, 0) is 25.1 Å². The van der Waals surface area contributed by atoms with Gasteiger partial charge in [0, 0.05) is 21.0 Å². The summed E-state index contributed by atoms with van der Waals surface area (Å²) in [7, 11) is 0. The van der Waals surface area contributed by atoms with Crippen LogP contribution in [-0.4, -0.2) is 5.71 Å². The zero-order chi connectivity index (χ0) is 16.4. The minimum atomic E-state index is -4.41. The molecule has 0 amide bonds. The number of para-hydroxylation sites is 1. The number of halogens is 3. The molecule has 0 atom stereocenters. The summed E-state index contributed by atoms with van der Waals surface area (Å²) in [6.45, 7) is 1.78. The smallest absolute Gasteiger partial charge is 0.278 e. The van der Waals surface area contributed by atoms with E-state index in [1.807, 2.05) is 29.6 Å². The van der Waals surface area contributed by atoms with Crippen LogP contribution >= 0.6 is 11.3 Å². The van der Waals surface area contributed by atoms with Gasteiger partial charge in [-0.3, -0.25) is 5.43 Å². The van der Waals surface area contributed by atoms with E-state index < -0.39 is 11.7 Å². The second kappa shape index (κ2) is 6.04. The zero-order valence-corrected chi connectivity index (χ0v) is 13.0. The Hall–Kier alpha value is -2.34. The molecule has 0 bridgehead atoms. The number of hydrogen-bond acceptors (Lipinski definition) is 3. The molecule has 2 aromatic carbocycles. The Balaban J connectivity index is 1.92. The molecule has 1 aromatic heterocycles. The molecule has 1 N–H and O–H groups in total. The number of nitrogens with zero attached hydrogens (tertiary/aromatic N) is 1. The van der Waals surface area contributed by atoms with Crippen LogP contribution in [0.15, 0.2) is 59.0 Å². The number of thiophene rings is 1. The van der Waals surface area contributed by atoms with E-state index in [9.17, 15) is 13.2 Å². The molecule has 0 unspecified atom stereocenters. The number of nitrogens with one attached hydrogen (secondary N) is 1. The zero-order valence-electron chi connectivity index (χ0n) is 12.2. The van der Waals surface area contributed by atoms with Crippen molar-refractivity contribution in [1.29, 1.82) is 0 Å². The summed E-state index contributed by atoms with van der Waals surface area (Å²) in [4.78, 5) is 0. The molecule has 2 nitrogen and oxygen atoms in total. The number of benzene rings is 2. The van der Waals surface area contributed by atoms with Crippen molar-refractivity contribution in [2.45, 2.75) is 13.1 Å². The number of rotatable bonds is 3. The molecule has 0 aliphatic heterocycles. The highest BCUT2D eigenvalue weighted by atomic mass is 32.1. The second-order valence-electron chi connectivity index (χ2n) is 5.00. The Morgan fingerprint density at radius 3 is 2.52 bits per heavy atom. The lowest BCUT2D eigenvalue weighted by Crippen LogP contribution is -2.09. The normalized spacial score (nSPS) is 12.6. The molecular formula is C17H13F3N2S. The SMILES string of the molecule is CC(=NNc1ccccc1C(F)(F)F)c1csc2ccccc12. The third-order valence-electron chi connectivity index (χ3n) is 3.45. The first kappa shape index (κ1) is 15.6. The molecule has 0 saturated carbocycles. The van der Waals surface area contributed by atoms with Crippen molar-refractivity contribution >= 4 is 32.8 Å². The fraction of sp³-hybridized carbons (Fsp3) is 0.118. The van der Waals surface area contributed by atoms with E-state index >= 15 is 0 Å². The molecule has 0 aliphatic carbocycles. The number of hydrogen-bond donors (Lipinski definition) is 1. The van der Waals surface area contributed by atoms with Crippen molar-refractivity contribution < 1.29 is 13.2 Å². The number of anilines is 1. The van der Waals surface area contributed by atoms with Crippen LogP contribution in [0.25, 0.3) is 10.1 Å². The predicted molar refractivity (Wildman–Crippen MR) is 89.1 cm³/mol. The Morgan fingerprint density at radius 2 is 1.74 bits per heavy atom. The lowest BCUT2D eigenvalue weighted by atomic mass is 10.1. The predicted octanol–water partition coefficient (Wildman–Crippen LogP) is 5.76. The Morgan fingerprint density at radius 1 is 1.04 bits per heavy atom. The highest BCUT2D eigenvalue weighted by molar-refractivity contribution is 7.17. The average Bonchev–Trinajstić information content (AvgIpc) is 2.96. The minimum Gasteiger partial charge on any atom is -0.278 e. The largest absolute Gasteiger partial charge is 0.418 e. The molecule has 0 aliphatic rings. The molecule has 0 radical (unpaired) electrons. The van der Waals surface area contributed by atoms with Gasteiger partial charge in [-0.2, -0.15) is 18.3 Å². The van der Waals surface area contributed by atoms with E-state index in [1.165, 1.54) is 12.1 Å². The molecule has 0 spiro atoms. The van der Waals surface area contributed by atoms with Crippen LogP contribution in [0.3, 0.4) is 0 Å². The van der Waals surface area contributed by atoms with Crippen molar-refractivity contribution in [2.24, 2.45) is 5.10 Å². The maximum Gasteiger partial charge on any atom is 0.418 e. The van der Waals surface area contributed by atoms with Crippen LogP contribution < -0.4 is 5.43 Å². The van der Waals surface area contributed by atoms with Gasteiger partial charge in [-0.1, -0.05) is 30.3 Å². The summed E-state index contributed by atoms with van der Waals surface area (Å²) in [5.74, 6) is 0. The van der Waals surface area contributed by atoms with E-state index in [-0.39, 0.29) is 5.69 Å². The number of fused-ring (bicyclic) bond motifs is 1. The molecule has 23 heavy (non-hydrogen) atoms. The molecule has 3 aromatic rings. The first-order valence-electron chi connectivity index (χ1n) is 6.90. The van der Waals surface area contributed by atoms with Crippen molar-refractivity contribution in [1.82, 2.24) is 0 Å². The Kier molecular flexibility index (Phi) is 4.09. The van der Waals surface area contributed by atoms with Gasteiger partial charge in [-0.25, -0.2) is 0 Å². The summed E-state index contributed by atoms with van der Waals surface area (Å²) in [5, 5.41) is 7.14. The summed E-state index contributed by atoms with van der Waals surface area (Å²) in [5.41, 5.74) is 3.32. The van der Waals surface area contributed by atoms with Gasteiger partial charge in [-0.15, -0.1) is 11.3 Å². The highest BCUT2D eigenvalue weighted by Crippen LogP contribution is 2.34. The molecule has 6 heteroatoms. The van der Waals surface area contributed by atoms with Crippen LogP contribution in [0.1, 0.15) is 18.1 Å². The van der Waals surface area contributed by atoms with Gasteiger partial charge in [0.2, 0.25) is 0 Å². The molecule has 0 saturated heterocycles. The first-order valence-corrected chi connectivity index (χ1v) is 7.78. The maximum absolute atomic E-state index is 13.0. The third kappa shape index (κ3) is 3.22. The maximum atomic E-state index is 13.0. The van der Waals surface area contributed by atoms with E-state index in [0.29, 0.717) is 5.71 Å². The number of hydrazone groups is 1. The molecule has 1 heterocycles. The van der Waals surface area contributed by atoms with Gasteiger partial charge in [0.15, 0.2) is 0 Å². The van der Waals surface area contributed by atoms with Gasteiger partial charge in [0.25, 0.3) is 0 Å². The van der Waals surface area contributed by atoms with Crippen molar-refractivity contribution in [3.8, 4) is 0 Å². The summed E-state index contributed by atoms with van der Waals surface area (Å²) >= 11 is 1.58. The summed E-state index contributed by atoms with van der Waals surface area (Å²) in [6.07, 6.45) is -4.41. The third-order valence-corrected chi connectivity index (χ3v) is 4.41. The van der Waals surface area contributed by atoms with E-state index in [0.717, 1.165) is 21.7 Å². The van der Waals surface area contributed by atoms with Gasteiger partial charge < -0.3 is 0 Å². The van der Waals surface area contributed by atoms with Crippen LogP contribution in [0, 0.1) is 0 Å². The molecule has 0 fully saturated rings. The van der Waals surface area contributed by atoms with E-state index in [4.69, 9.17) is 0 Å². The van der Waals surface area contributed by atoms with Crippen molar-refractivity contribution in [3.05, 3.63) is 65.0 Å². The Labute approximate surface area is 135 Å². The fourth-order valence-electron chi connectivity index (χ4n) is 2.29. The summed E-state index contributed by atoms with van der Waals surface area (Å²) in [6, 6.07) is 13.2. The fourth-order valence-corrected chi connectivity index (χ4v) is 3.29. The van der Waals surface area contributed by atoms with Crippen LogP contribution in [0.2, 0.25) is 0 Å². The summed E-state index contributed by atoms with van der Waals surface area (Å²) < 4.78 is 40.0. The number of alkyl halides is 3. The quantitative estimate of drug-likeness (QED) is 0.478. The van der Waals surface area contributed by atoms with E-state index in [1.54, 1.807) is 24.3 Å². The van der Waals surface area contributed by atoms with Crippen molar-refractivity contribution in [2.75, 3.05) is 5.43 Å². The lowest BCUT2D eigenvalue weighted by Gasteiger charge is -2.12. The topological polar surface area (TPSA) is 24.4 Å². The van der Waals surface area contributed by atoms with Crippen molar-refractivity contribution in [3.63, 3.8) is 0 Å². The van der Waals surface area contributed by atoms with E-state index in [2.05, 4.69) is 10.5 Å². The van der Waals surface area contributed by atoms with Gasteiger partial charge >= 0.3 is 6.18 Å². The van der Waals surface area contributed by atoms with Crippen LogP contribution in [-0.2, 0) is 6.18 Å². The van der Waals surface area contributed by atoms with Gasteiger partial charge in [0.05, 0.1) is 17.0 Å². The molecule has 118 valence electrons. The molecular weight excluding hydrogens is 321 g/mol. The minimum absolute atomic E-state index is 0.0566. The standard InChI is InChI=1S/C17H13F3N2S/c1-11(13-10-23-16-9-5-2-6-12(13)16)21-22-15-8-4-3-7-14(15)17(18,19)20/h2-10,22H,1H3. The monoisotopic (exact) mass is 334 g/mol. The first-order chi connectivity index (χ1) is 11.0. The molecule has 3 rings (SSSR count). The lowest BCUT2D eigenvalue weighted by molar-refractivity contribution is -0.136.